The summed E-state index contributed by atoms with van der Waals surface area (Å²) in [6.07, 6.45) is -0.244. The van der Waals surface area contributed by atoms with Gasteiger partial charge in [-0.2, -0.15) is 15.2 Å². The zero-order valence-corrected chi connectivity index (χ0v) is 25.1. The molecule has 0 radical (unpaired) electrons. The number of aromatic nitrogens is 2. The number of likely N-dealkylation sites (N-methyl/N-ethyl adjacent to an activating group) is 1. The fourth-order valence-corrected chi connectivity index (χ4v) is 6.29. The third-order valence-electron chi connectivity index (χ3n) is 9.07. The molecule has 4 heterocycles. The number of benzene rings is 2. The number of morpholine rings is 1. The molecule has 1 amide bonds. The van der Waals surface area contributed by atoms with Crippen LogP contribution in [0, 0.1) is 11.3 Å². The summed E-state index contributed by atoms with van der Waals surface area (Å²) in [6.45, 7) is 8.58. The first-order valence-electron chi connectivity index (χ1n) is 14.9. The van der Waals surface area contributed by atoms with Crippen LogP contribution in [0.5, 0.6) is 6.01 Å². The topological polar surface area (TPSA) is 118 Å². The standard InChI is InChI=1S/C32H39N7O4/c1-32(2)21-43-24(18-36(32)3)20-42-30-34-27-19-37(28-10-6-8-22-7-4-5-9-25(22)28)14-12-26(27)29(35-30)38-15-16-39(31(40)41)23(17-38)11-13-33/h4-10,23-24H,11-12,14-21H2,1-3H3,(H,40,41). The normalized spacial score (nSPS) is 22.2. The lowest BCUT2D eigenvalue weighted by Gasteiger charge is -2.43. The largest absolute Gasteiger partial charge is 0.465 e. The van der Waals surface area contributed by atoms with Crippen molar-refractivity contribution in [2.45, 2.75) is 50.9 Å². The number of nitriles is 1. The average molecular weight is 586 g/mol. The molecule has 3 aliphatic rings. The Balaban J connectivity index is 1.30. The maximum atomic E-state index is 11.9. The molecule has 2 saturated heterocycles. The van der Waals surface area contributed by atoms with E-state index in [1.54, 1.807) is 0 Å². The van der Waals surface area contributed by atoms with E-state index in [4.69, 9.17) is 19.4 Å². The highest BCUT2D eigenvalue weighted by molar-refractivity contribution is 5.94. The van der Waals surface area contributed by atoms with Crippen molar-refractivity contribution in [3.05, 3.63) is 53.7 Å². The van der Waals surface area contributed by atoms with Crippen LogP contribution in [0.15, 0.2) is 42.5 Å². The van der Waals surface area contributed by atoms with Crippen molar-refractivity contribution in [3.63, 3.8) is 0 Å². The second-order valence-electron chi connectivity index (χ2n) is 12.3. The van der Waals surface area contributed by atoms with Gasteiger partial charge in [0.15, 0.2) is 0 Å². The van der Waals surface area contributed by atoms with Gasteiger partial charge >= 0.3 is 12.1 Å². The minimum atomic E-state index is -1.00. The molecule has 3 aromatic rings. The minimum absolute atomic E-state index is 0.0326. The lowest BCUT2D eigenvalue weighted by atomic mass is 10.0. The molecule has 0 bridgehead atoms. The van der Waals surface area contributed by atoms with Crippen molar-refractivity contribution < 1.29 is 19.4 Å². The second kappa shape index (κ2) is 11.9. The number of carbonyl (C=O) groups is 1. The SMILES string of the molecule is CN1CC(COc2nc3c(c(N4CCN(C(=O)O)C(CC#N)C4)n2)CCN(c2cccc4ccccc24)C3)OCC1(C)C. The maximum absolute atomic E-state index is 11.9. The number of carboxylic acid groups (broad SMARTS) is 1. The summed E-state index contributed by atoms with van der Waals surface area (Å²) in [5.74, 6) is 0.772. The summed E-state index contributed by atoms with van der Waals surface area (Å²) in [5.41, 5.74) is 3.09. The average Bonchev–Trinajstić information content (AvgIpc) is 3.00. The molecule has 2 unspecified atom stereocenters. The molecule has 226 valence electrons. The van der Waals surface area contributed by atoms with Crippen molar-refractivity contribution in [2.75, 3.05) is 62.8 Å². The molecule has 43 heavy (non-hydrogen) atoms. The minimum Gasteiger partial charge on any atom is -0.465 e. The molecule has 11 heteroatoms. The van der Waals surface area contributed by atoms with Gasteiger partial charge in [-0.1, -0.05) is 36.4 Å². The Morgan fingerprint density at radius 3 is 2.72 bits per heavy atom. The number of hydrogen-bond acceptors (Lipinski definition) is 9. The molecule has 3 aliphatic heterocycles. The smallest absolute Gasteiger partial charge is 0.407 e. The Labute approximate surface area is 252 Å². The predicted molar refractivity (Wildman–Crippen MR) is 164 cm³/mol. The number of rotatable bonds is 6. The quantitative estimate of drug-likeness (QED) is 0.458. The molecule has 0 spiro atoms. The molecular formula is C32H39N7O4. The summed E-state index contributed by atoms with van der Waals surface area (Å²) in [7, 11) is 2.10. The summed E-state index contributed by atoms with van der Waals surface area (Å²) in [5, 5.41) is 21.5. The van der Waals surface area contributed by atoms with Gasteiger partial charge in [-0.05, 0) is 38.8 Å². The van der Waals surface area contributed by atoms with Crippen LogP contribution in [0.3, 0.4) is 0 Å². The van der Waals surface area contributed by atoms with Crippen LogP contribution in [-0.2, 0) is 17.7 Å². The van der Waals surface area contributed by atoms with E-state index in [2.05, 4.69) is 84.1 Å². The van der Waals surface area contributed by atoms with Crippen molar-refractivity contribution in [2.24, 2.45) is 0 Å². The molecule has 0 aliphatic carbocycles. The van der Waals surface area contributed by atoms with Gasteiger partial charge in [0.2, 0.25) is 0 Å². The van der Waals surface area contributed by atoms with Gasteiger partial charge < -0.3 is 29.3 Å². The van der Waals surface area contributed by atoms with Gasteiger partial charge in [0.25, 0.3) is 0 Å². The number of piperazine rings is 1. The van der Waals surface area contributed by atoms with Gasteiger partial charge in [-0.15, -0.1) is 0 Å². The molecule has 6 rings (SSSR count). The summed E-state index contributed by atoms with van der Waals surface area (Å²) >= 11 is 0. The fraction of sp³-hybridized carbons (Fsp3) is 0.500. The predicted octanol–water partition coefficient (Wildman–Crippen LogP) is 3.76. The lowest BCUT2D eigenvalue weighted by Crippen LogP contribution is -2.55. The van der Waals surface area contributed by atoms with Crippen LogP contribution in [0.25, 0.3) is 10.8 Å². The lowest BCUT2D eigenvalue weighted by molar-refractivity contribution is -0.101. The number of nitrogens with zero attached hydrogens (tertiary/aromatic N) is 7. The molecule has 2 fully saturated rings. The first-order chi connectivity index (χ1) is 20.7. The van der Waals surface area contributed by atoms with Crippen molar-refractivity contribution >= 4 is 28.4 Å². The molecule has 1 aromatic heterocycles. The molecule has 11 nitrogen and oxygen atoms in total. The Hall–Kier alpha value is -4.14. The van der Waals surface area contributed by atoms with Gasteiger partial charge in [0.05, 0.1) is 37.4 Å². The molecule has 1 N–H and O–H groups in total. The highest BCUT2D eigenvalue weighted by Gasteiger charge is 2.35. The van der Waals surface area contributed by atoms with E-state index >= 15 is 0 Å². The Morgan fingerprint density at radius 1 is 1.12 bits per heavy atom. The molecular weight excluding hydrogens is 546 g/mol. The van der Waals surface area contributed by atoms with Gasteiger partial charge in [0, 0.05) is 54.9 Å². The van der Waals surface area contributed by atoms with Crippen LogP contribution < -0.4 is 14.5 Å². The fourth-order valence-electron chi connectivity index (χ4n) is 6.29. The van der Waals surface area contributed by atoms with E-state index in [9.17, 15) is 15.2 Å². The third-order valence-corrected chi connectivity index (χ3v) is 9.07. The first kappa shape index (κ1) is 29.0. The first-order valence-corrected chi connectivity index (χ1v) is 14.9. The molecule has 2 atom stereocenters. The monoisotopic (exact) mass is 585 g/mol. The molecule has 0 saturated carbocycles. The number of fused-ring (bicyclic) bond motifs is 2. The number of amides is 1. The Morgan fingerprint density at radius 2 is 1.93 bits per heavy atom. The van der Waals surface area contributed by atoms with E-state index in [-0.39, 0.29) is 18.1 Å². The number of anilines is 2. The van der Waals surface area contributed by atoms with Gasteiger partial charge in [-0.25, -0.2) is 4.79 Å². The van der Waals surface area contributed by atoms with Gasteiger partial charge in [-0.3, -0.25) is 4.90 Å². The molecule has 2 aromatic carbocycles. The second-order valence-corrected chi connectivity index (χ2v) is 12.3. The van der Waals surface area contributed by atoms with Crippen LogP contribution in [0.1, 0.15) is 31.5 Å². The highest BCUT2D eigenvalue weighted by Crippen LogP contribution is 2.35. The third kappa shape index (κ3) is 5.90. The van der Waals surface area contributed by atoms with E-state index < -0.39 is 12.1 Å². The summed E-state index contributed by atoms with van der Waals surface area (Å²) < 4.78 is 12.3. The Kier molecular flexibility index (Phi) is 7.99. The van der Waals surface area contributed by atoms with E-state index in [1.165, 1.54) is 15.7 Å². The van der Waals surface area contributed by atoms with Gasteiger partial charge in [0.1, 0.15) is 18.5 Å². The van der Waals surface area contributed by atoms with E-state index in [0.29, 0.717) is 45.4 Å². The Bertz CT molecular complexity index is 1530. The van der Waals surface area contributed by atoms with E-state index in [1.807, 2.05) is 0 Å². The maximum Gasteiger partial charge on any atom is 0.407 e. The van der Waals surface area contributed by atoms with E-state index in [0.717, 1.165) is 42.3 Å². The van der Waals surface area contributed by atoms with Crippen molar-refractivity contribution in [1.82, 2.24) is 19.8 Å². The van der Waals surface area contributed by atoms with Crippen LogP contribution in [-0.4, -0.2) is 102 Å². The van der Waals surface area contributed by atoms with Crippen molar-refractivity contribution in [1.29, 1.82) is 5.26 Å². The number of ether oxygens (including phenoxy) is 2. The van der Waals surface area contributed by atoms with Crippen LogP contribution in [0.4, 0.5) is 16.3 Å². The zero-order chi connectivity index (χ0) is 30.1. The summed E-state index contributed by atoms with van der Waals surface area (Å²) in [6, 6.07) is 16.8. The summed E-state index contributed by atoms with van der Waals surface area (Å²) in [4.78, 5) is 29.8. The highest BCUT2D eigenvalue weighted by atomic mass is 16.5. The zero-order valence-electron chi connectivity index (χ0n) is 25.1. The number of hydrogen-bond donors (Lipinski definition) is 1. The van der Waals surface area contributed by atoms with Crippen molar-refractivity contribution in [3.8, 4) is 12.1 Å². The van der Waals surface area contributed by atoms with Crippen LogP contribution >= 0.6 is 0 Å². The van der Waals surface area contributed by atoms with Crippen LogP contribution in [0.2, 0.25) is 0 Å².